The summed E-state index contributed by atoms with van der Waals surface area (Å²) < 4.78 is 11.2. The van der Waals surface area contributed by atoms with Crippen molar-refractivity contribution in [2.45, 2.75) is 0 Å². The predicted molar refractivity (Wildman–Crippen MR) is 376 cm³/mol. The smallest absolute Gasteiger partial charge is 0.314 e. The quantitative estimate of drug-likeness (QED) is 0.113. The first-order valence-electron chi connectivity index (χ1n) is 30.6. The number of benzene rings is 14. The molecule has 0 saturated heterocycles. The Morgan fingerprint density at radius 3 is 0.506 bits per heavy atom. The molecule has 16 rings (SSSR count). The predicted octanol–water partition coefficient (Wildman–Crippen LogP) is 22.7. The van der Waals surface area contributed by atoms with Crippen LogP contribution in [0.3, 0.4) is 0 Å². The minimum absolute atomic E-state index is 1.07. The highest BCUT2D eigenvalue weighted by Gasteiger charge is 2.70. The molecule has 2 heterocycles. The molecule has 0 atom stereocenters. The van der Waals surface area contributed by atoms with E-state index in [0.717, 1.165) is 135 Å². The molecular formula is C84H60N4Si. The molecule has 0 aromatic heterocycles. The summed E-state index contributed by atoms with van der Waals surface area (Å²) >= 11 is 0. The van der Waals surface area contributed by atoms with Crippen LogP contribution in [0.15, 0.2) is 364 Å². The van der Waals surface area contributed by atoms with Gasteiger partial charge >= 0.3 is 8.72 Å². The molecule has 0 saturated carbocycles. The minimum Gasteiger partial charge on any atom is -0.314 e. The molecule has 0 bridgehead atoms. The number of fused-ring (bicyclic) bond motifs is 2. The van der Waals surface area contributed by atoms with Gasteiger partial charge in [0.1, 0.15) is 0 Å². The lowest BCUT2D eigenvalue weighted by molar-refractivity contribution is 1.18. The zero-order chi connectivity index (χ0) is 59.1. The van der Waals surface area contributed by atoms with E-state index >= 15 is 0 Å². The SMILES string of the molecule is c1ccc(-c2cccc(N3c4cc(-c5ccccc5)c(-c5ccccc5)cc4N(c4cccc(-c5ccccc5)c4)[Si]34N(c3cccc(-c5ccccc5)c3)c3cc(-c5ccccc5)c(-c5ccccc5)cc3N4c3cccc(-c4ccccc4)c3)c2)cc1. The largest absolute Gasteiger partial charge is 0.521 e. The van der Waals surface area contributed by atoms with E-state index in [9.17, 15) is 0 Å². The van der Waals surface area contributed by atoms with E-state index in [0.29, 0.717) is 0 Å². The van der Waals surface area contributed by atoms with E-state index in [1.54, 1.807) is 0 Å². The molecule has 0 unspecified atom stereocenters. The molecule has 2 aliphatic heterocycles. The lowest BCUT2D eigenvalue weighted by atomic mass is 9.93. The van der Waals surface area contributed by atoms with Crippen LogP contribution in [-0.4, -0.2) is 8.72 Å². The van der Waals surface area contributed by atoms with E-state index in [4.69, 9.17) is 0 Å². The second kappa shape index (κ2) is 22.7. The summed E-state index contributed by atoms with van der Waals surface area (Å²) in [5.41, 5.74) is 26.9. The first-order chi connectivity index (χ1) is 44.2. The molecule has 0 N–H and O–H groups in total. The Morgan fingerprint density at radius 1 is 0.146 bits per heavy atom. The molecular weight excluding hydrogens is 1090 g/mol. The summed E-state index contributed by atoms with van der Waals surface area (Å²) in [4.78, 5) is 0. The molecule has 0 aliphatic carbocycles. The number of hydrogen-bond donors (Lipinski definition) is 0. The Bertz CT molecular complexity index is 4220. The van der Waals surface area contributed by atoms with E-state index in [2.05, 4.69) is 382 Å². The monoisotopic (exact) mass is 1150 g/mol. The van der Waals surface area contributed by atoms with Crippen molar-refractivity contribution in [1.82, 2.24) is 0 Å². The lowest BCUT2D eigenvalue weighted by Crippen LogP contribution is -2.76. The zero-order valence-electron chi connectivity index (χ0n) is 48.9. The normalized spacial score (nSPS) is 12.9. The molecule has 0 radical (unpaired) electrons. The molecule has 14 aromatic carbocycles. The maximum Gasteiger partial charge on any atom is 0.521 e. The molecule has 2 aliphatic rings. The van der Waals surface area contributed by atoms with Crippen LogP contribution < -0.4 is 18.3 Å². The summed E-state index contributed by atoms with van der Waals surface area (Å²) in [6, 6.07) is 135. The van der Waals surface area contributed by atoms with Crippen LogP contribution in [0.5, 0.6) is 0 Å². The van der Waals surface area contributed by atoms with E-state index < -0.39 is 8.72 Å². The number of nitrogens with zero attached hydrogens (tertiary/aromatic N) is 4. The number of rotatable bonds is 12. The summed E-state index contributed by atoms with van der Waals surface area (Å²) in [5.74, 6) is 0. The molecule has 1 spiro atoms. The van der Waals surface area contributed by atoms with Gasteiger partial charge in [-0.3, -0.25) is 0 Å². The highest BCUT2D eigenvalue weighted by Crippen LogP contribution is 2.65. The summed E-state index contributed by atoms with van der Waals surface area (Å²) in [6.07, 6.45) is 0. The molecule has 420 valence electrons. The summed E-state index contributed by atoms with van der Waals surface area (Å²) in [6.45, 7) is 0. The van der Waals surface area contributed by atoms with E-state index in [-0.39, 0.29) is 0 Å². The van der Waals surface area contributed by atoms with Crippen molar-refractivity contribution in [3.05, 3.63) is 364 Å². The van der Waals surface area contributed by atoms with Crippen molar-refractivity contribution < 1.29 is 0 Å². The highest BCUT2D eigenvalue weighted by atomic mass is 28.4. The number of hydrogen-bond acceptors (Lipinski definition) is 4. The van der Waals surface area contributed by atoms with Crippen molar-refractivity contribution in [1.29, 1.82) is 0 Å². The van der Waals surface area contributed by atoms with Gasteiger partial charge in [0.2, 0.25) is 0 Å². The van der Waals surface area contributed by atoms with Crippen molar-refractivity contribution in [2.75, 3.05) is 18.3 Å². The molecule has 4 nitrogen and oxygen atoms in total. The van der Waals surface area contributed by atoms with Crippen LogP contribution in [-0.2, 0) is 0 Å². The standard InChI is InChI=1S/C84H60N4Si/c1-9-29-61(30-10-1)69-45-25-49-73(53-69)85-81-57-77(65-37-17-5-18-38-65)78(66-39-19-6-20-40-66)58-82(81)86(74-50-26-46-70(54-74)62-31-11-2-12-32-62)89(85)87(75-51-27-47-71(55-75)63-33-13-3-14-34-63)83-59-79(67-41-21-7-22-42-67)80(68-43-23-8-24-44-68)60-84(83)88(89)76-52-28-48-72(56-76)64-35-15-4-16-36-64/h1-60H. The maximum absolute atomic E-state index is 4.22. The van der Waals surface area contributed by atoms with Gasteiger partial charge < -0.3 is 18.3 Å². The Labute approximate surface area is 522 Å². The Balaban J connectivity index is 1.12. The van der Waals surface area contributed by atoms with Gasteiger partial charge in [-0.15, -0.1) is 0 Å². The van der Waals surface area contributed by atoms with Crippen LogP contribution in [0.2, 0.25) is 0 Å². The van der Waals surface area contributed by atoms with Crippen molar-refractivity contribution >= 4 is 54.2 Å². The fourth-order valence-corrected chi connectivity index (χ4v) is 18.8. The van der Waals surface area contributed by atoms with Crippen molar-refractivity contribution in [2.24, 2.45) is 0 Å². The van der Waals surface area contributed by atoms with Crippen LogP contribution in [0, 0.1) is 0 Å². The molecule has 0 amide bonds. The third-order valence-electron chi connectivity index (χ3n) is 17.6. The van der Waals surface area contributed by atoms with Gasteiger partial charge in [0.15, 0.2) is 0 Å². The average molecular weight is 1150 g/mol. The first-order valence-corrected chi connectivity index (χ1v) is 32.4. The van der Waals surface area contributed by atoms with Gasteiger partial charge in [-0.2, -0.15) is 0 Å². The molecule has 14 aromatic rings. The fraction of sp³-hybridized carbons (Fsp3) is 0. The Hall–Kier alpha value is -11.5. The average Bonchev–Trinajstić information content (AvgIpc) is 1.50. The molecule has 0 fully saturated rings. The van der Waals surface area contributed by atoms with Gasteiger partial charge in [-0.25, -0.2) is 0 Å². The summed E-state index contributed by atoms with van der Waals surface area (Å²) in [5, 5.41) is 0. The molecule has 89 heavy (non-hydrogen) atoms. The van der Waals surface area contributed by atoms with Crippen LogP contribution in [0.4, 0.5) is 45.5 Å². The Kier molecular flexibility index (Phi) is 13.5. The highest BCUT2D eigenvalue weighted by molar-refractivity contribution is 6.99. The zero-order valence-corrected chi connectivity index (χ0v) is 49.9. The second-order valence-electron chi connectivity index (χ2n) is 22.8. The van der Waals surface area contributed by atoms with Gasteiger partial charge in [-0.1, -0.05) is 291 Å². The topological polar surface area (TPSA) is 13.0 Å². The fourth-order valence-electron chi connectivity index (χ4n) is 13.6. The van der Waals surface area contributed by atoms with E-state index in [1.807, 2.05) is 0 Å². The van der Waals surface area contributed by atoms with Gasteiger partial charge in [0.25, 0.3) is 0 Å². The van der Waals surface area contributed by atoms with Crippen molar-refractivity contribution in [3.63, 3.8) is 0 Å². The summed E-state index contributed by atoms with van der Waals surface area (Å²) in [7, 11) is -4.22. The second-order valence-corrected chi connectivity index (χ2v) is 25.8. The van der Waals surface area contributed by atoms with Gasteiger partial charge in [0.05, 0.1) is 22.7 Å². The van der Waals surface area contributed by atoms with Crippen LogP contribution in [0.25, 0.3) is 89.0 Å². The lowest BCUT2D eigenvalue weighted by Gasteiger charge is -2.49. The third-order valence-corrected chi connectivity index (χ3v) is 22.0. The Morgan fingerprint density at radius 2 is 0.315 bits per heavy atom. The maximum atomic E-state index is 2.81. The van der Waals surface area contributed by atoms with Crippen molar-refractivity contribution in [3.8, 4) is 89.0 Å². The van der Waals surface area contributed by atoms with Crippen LogP contribution >= 0.6 is 0 Å². The van der Waals surface area contributed by atoms with Gasteiger partial charge in [-0.05, 0) is 162 Å². The third kappa shape index (κ3) is 9.40. The minimum atomic E-state index is -4.22. The van der Waals surface area contributed by atoms with Gasteiger partial charge in [0, 0.05) is 22.7 Å². The van der Waals surface area contributed by atoms with E-state index in [1.165, 1.54) is 0 Å². The number of anilines is 8. The first kappa shape index (κ1) is 53.0. The van der Waals surface area contributed by atoms with Crippen LogP contribution in [0.1, 0.15) is 0 Å². The molecule has 5 heteroatoms.